The van der Waals surface area contributed by atoms with Crippen LogP contribution in [0, 0.1) is 0 Å². The average molecular weight is 952 g/mol. The standard InChI is InChI=1S/C47H85NO18/c1-3-5-6-7-8-9-10-11-12-13-14-15-16-17-18-19-20-21-22-23-24-25-31(52)30(48-35(53)4-2)29-61-45-41(59)38(56)43(33(27-50)63-45)66-47-42(60)39(57)44(34(28-51)64-47)65-46-40(58)37(55)36(54)32(26-49)62-46/h20-21,24-25,30-34,36-47,49-52,54-60H,3-19,22-23,26-29H2,1-2H3,(H,48,53)/b21-20+,25-24+. The summed E-state index contributed by atoms with van der Waals surface area (Å²) in [5.41, 5.74) is 0. The van der Waals surface area contributed by atoms with Crippen LogP contribution in [0.1, 0.15) is 136 Å². The smallest absolute Gasteiger partial charge is 0.220 e. The maximum atomic E-state index is 12.4. The Kier molecular flexibility index (Phi) is 29.3. The summed E-state index contributed by atoms with van der Waals surface area (Å²) in [7, 11) is 0. The van der Waals surface area contributed by atoms with Crippen LogP contribution in [0.15, 0.2) is 24.3 Å². The zero-order valence-corrected chi connectivity index (χ0v) is 39.2. The monoisotopic (exact) mass is 952 g/mol. The maximum absolute atomic E-state index is 12.4. The van der Waals surface area contributed by atoms with Gasteiger partial charge in [-0.25, -0.2) is 0 Å². The molecule has 3 rings (SSSR count). The fraction of sp³-hybridized carbons (Fsp3) is 0.894. The molecular formula is C47H85NO18. The summed E-state index contributed by atoms with van der Waals surface area (Å²) in [5, 5.41) is 118. The molecule has 3 fully saturated rings. The molecule has 0 aromatic heterocycles. The Labute approximate surface area is 390 Å². The molecule has 1 amide bonds. The molecule has 0 spiro atoms. The van der Waals surface area contributed by atoms with Gasteiger partial charge in [-0.3, -0.25) is 4.79 Å². The lowest BCUT2D eigenvalue weighted by molar-refractivity contribution is -0.379. The molecule has 12 N–H and O–H groups in total. The van der Waals surface area contributed by atoms with Crippen LogP contribution >= 0.6 is 0 Å². The van der Waals surface area contributed by atoms with E-state index in [1.807, 2.05) is 0 Å². The normalized spacial score (nSPS) is 34.0. The van der Waals surface area contributed by atoms with Gasteiger partial charge in [0.15, 0.2) is 18.9 Å². The molecule has 17 atom stereocenters. The van der Waals surface area contributed by atoms with Crippen molar-refractivity contribution < 1.29 is 89.4 Å². The molecule has 3 aliphatic rings. The molecule has 19 heteroatoms. The fourth-order valence-corrected chi connectivity index (χ4v) is 8.35. The van der Waals surface area contributed by atoms with E-state index in [9.17, 15) is 61.0 Å². The number of ether oxygens (including phenoxy) is 6. The predicted molar refractivity (Wildman–Crippen MR) is 240 cm³/mol. The van der Waals surface area contributed by atoms with Crippen molar-refractivity contribution in [2.24, 2.45) is 0 Å². The first-order valence-electron chi connectivity index (χ1n) is 24.6. The minimum absolute atomic E-state index is 0.117. The summed E-state index contributed by atoms with van der Waals surface area (Å²) in [6.07, 6.45) is 3.37. The van der Waals surface area contributed by atoms with Crippen molar-refractivity contribution in [2.45, 2.75) is 240 Å². The van der Waals surface area contributed by atoms with Crippen LogP contribution < -0.4 is 5.32 Å². The van der Waals surface area contributed by atoms with Crippen LogP contribution in [0.25, 0.3) is 0 Å². The van der Waals surface area contributed by atoms with Crippen molar-refractivity contribution in [1.82, 2.24) is 5.32 Å². The van der Waals surface area contributed by atoms with Crippen LogP contribution in [0.4, 0.5) is 0 Å². The Bertz CT molecular complexity index is 1330. The molecule has 3 heterocycles. The molecule has 3 aliphatic heterocycles. The second kappa shape index (κ2) is 33.0. The lowest BCUT2D eigenvalue weighted by atomic mass is 9.96. The molecular weight excluding hydrogens is 867 g/mol. The van der Waals surface area contributed by atoms with Crippen LogP contribution in [0.5, 0.6) is 0 Å². The first kappa shape index (κ1) is 58.6. The lowest BCUT2D eigenvalue weighted by Gasteiger charge is -2.48. The van der Waals surface area contributed by atoms with Gasteiger partial charge in [0.1, 0.15) is 73.2 Å². The Balaban J connectivity index is 1.41. The highest BCUT2D eigenvalue weighted by molar-refractivity contribution is 5.75. The van der Waals surface area contributed by atoms with Crippen LogP contribution in [0.3, 0.4) is 0 Å². The van der Waals surface area contributed by atoms with Gasteiger partial charge in [-0.15, -0.1) is 0 Å². The Morgan fingerprint density at radius 2 is 0.955 bits per heavy atom. The maximum Gasteiger partial charge on any atom is 0.220 e. The van der Waals surface area contributed by atoms with E-state index >= 15 is 0 Å². The van der Waals surface area contributed by atoms with E-state index in [0.29, 0.717) is 6.42 Å². The molecule has 66 heavy (non-hydrogen) atoms. The third kappa shape index (κ3) is 19.2. The van der Waals surface area contributed by atoms with Gasteiger partial charge in [0.25, 0.3) is 0 Å². The fourth-order valence-electron chi connectivity index (χ4n) is 8.35. The number of aliphatic hydroxyl groups excluding tert-OH is 11. The highest BCUT2D eigenvalue weighted by Crippen LogP contribution is 2.33. The first-order chi connectivity index (χ1) is 31.8. The van der Waals surface area contributed by atoms with E-state index in [4.69, 9.17) is 28.4 Å². The zero-order valence-electron chi connectivity index (χ0n) is 39.2. The van der Waals surface area contributed by atoms with Crippen molar-refractivity contribution in [1.29, 1.82) is 0 Å². The average Bonchev–Trinajstić information content (AvgIpc) is 3.32. The van der Waals surface area contributed by atoms with Gasteiger partial charge in [0.2, 0.25) is 5.91 Å². The second-order valence-corrected chi connectivity index (χ2v) is 17.9. The van der Waals surface area contributed by atoms with Crippen molar-refractivity contribution in [2.75, 3.05) is 26.4 Å². The van der Waals surface area contributed by atoms with E-state index in [1.165, 1.54) is 89.9 Å². The minimum atomic E-state index is -1.97. The minimum Gasteiger partial charge on any atom is -0.394 e. The molecule has 0 aromatic rings. The Hall–Kier alpha value is -1.73. The lowest BCUT2D eigenvalue weighted by Crippen LogP contribution is -2.66. The topological polar surface area (TPSA) is 307 Å². The molecule has 0 radical (unpaired) electrons. The Morgan fingerprint density at radius 1 is 0.530 bits per heavy atom. The van der Waals surface area contributed by atoms with Crippen LogP contribution in [-0.2, 0) is 33.2 Å². The zero-order chi connectivity index (χ0) is 48.4. The first-order valence-corrected chi connectivity index (χ1v) is 24.6. The van der Waals surface area contributed by atoms with Crippen molar-refractivity contribution in [3.05, 3.63) is 24.3 Å². The summed E-state index contributed by atoms with van der Waals surface area (Å²) < 4.78 is 33.7. The number of hydrogen-bond acceptors (Lipinski definition) is 18. The van der Waals surface area contributed by atoms with Gasteiger partial charge in [-0.05, 0) is 25.7 Å². The van der Waals surface area contributed by atoms with Gasteiger partial charge < -0.3 is 89.9 Å². The van der Waals surface area contributed by atoms with Gasteiger partial charge in [0, 0.05) is 6.42 Å². The largest absolute Gasteiger partial charge is 0.394 e. The van der Waals surface area contributed by atoms with Gasteiger partial charge in [0.05, 0.1) is 38.6 Å². The number of aliphatic hydroxyl groups is 11. The number of hydrogen-bond donors (Lipinski definition) is 12. The summed E-state index contributed by atoms with van der Waals surface area (Å²) in [6.45, 7) is 1.09. The van der Waals surface area contributed by atoms with Crippen LogP contribution in [0.2, 0.25) is 0 Å². The summed E-state index contributed by atoms with van der Waals surface area (Å²) >= 11 is 0. The second-order valence-electron chi connectivity index (χ2n) is 17.9. The van der Waals surface area contributed by atoms with Crippen molar-refractivity contribution >= 4 is 5.91 Å². The third-order valence-electron chi connectivity index (χ3n) is 12.6. The van der Waals surface area contributed by atoms with Crippen LogP contribution in [-0.4, -0.2) is 193 Å². The number of unbranched alkanes of at least 4 members (excludes halogenated alkanes) is 16. The van der Waals surface area contributed by atoms with E-state index in [-0.39, 0.29) is 18.9 Å². The number of nitrogens with one attached hydrogen (secondary N) is 1. The van der Waals surface area contributed by atoms with Crippen molar-refractivity contribution in [3.8, 4) is 0 Å². The molecule has 0 bridgehead atoms. The number of allylic oxidation sites excluding steroid dienone is 3. The molecule has 386 valence electrons. The summed E-state index contributed by atoms with van der Waals surface area (Å²) in [4.78, 5) is 12.4. The predicted octanol–water partition coefficient (Wildman–Crippen LogP) is 0.861. The molecule has 0 aliphatic carbocycles. The molecule has 3 saturated heterocycles. The number of carbonyl (C=O) groups is 1. The van der Waals surface area contributed by atoms with E-state index < -0.39 is 124 Å². The summed E-state index contributed by atoms with van der Waals surface area (Å²) in [6, 6.07) is -0.982. The van der Waals surface area contributed by atoms with Gasteiger partial charge in [-0.1, -0.05) is 128 Å². The number of carbonyl (C=O) groups excluding carboxylic acids is 1. The highest BCUT2D eigenvalue weighted by Gasteiger charge is 2.53. The number of amides is 1. The quantitative estimate of drug-likeness (QED) is 0.0321. The van der Waals surface area contributed by atoms with E-state index in [2.05, 4.69) is 24.4 Å². The SMILES string of the molecule is CCCCCCCCCCCCCCCCC/C=C/CC/C=C/C(O)C(COC1OC(CO)C(OC2OC(CO)C(OC3OC(CO)C(O)C(O)C3O)C(O)C2O)C(O)C1O)NC(=O)CC. The molecule has 0 saturated carbocycles. The number of rotatable bonds is 33. The van der Waals surface area contributed by atoms with Gasteiger partial charge in [-0.2, -0.15) is 0 Å². The molecule has 17 unspecified atom stereocenters. The van der Waals surface area contributed by atoms with Gasteiger partial charge >= 0.3 is 0 Å². The van der Waals surface area contributed by atoms with Crippen molar-refractivity contribution in [3.63, 3.8) is 0 Å². The van der Waals surface area contributed by atoms with E-state index in [0.717, 1.165) is 19.3 Å². The Morgan fingerprint density at radius 3 is 1.45 bits per heavy atom. The highest BCUT2D eigenvalue weighted by atomic mass is 16.8. The third-order valence-corrected chi connectivity index (χ3v) is 12.6. The molecule has 0 aromatic carbocycles. The molecule has 19 nitrogen and oxygen atoms in total. The van der Waals surface area contributed by atoms with E-state index in [1.54, 1.807) is 19.1 Å². The summed E-state index contributed by atoms with van der Waals surface area (Å²) in [5.74, 6) is -0.375.